The fourth-order valence-electron chi connectivity index (χ4n) is 1.94. The highest BCUT2D eigenvalue weighted by atomic mass is 16.5. The van der Waals surface area contributed by atoms with Gasteiger partial charge in [0.15, 0.2) is 11.3 Å². The molecule has 2 aromatic rings. The van der Waals surface area contributed by atoms with Crippen LogP contribution in [0.2, 0.25) is 0 Å². The number of benzene rings is 1. The highest BCUT2D eigenvalue weighted by Crippen LogP contribution is 2.34. The molecule has 0 atom stereocenters. The second-order valence-electron chi connectivity index (χ2n) is 4.78. The van der Waals surface area contributed by atoms with Crippen LogP contribution < -0.4 is 15.1 Å². The summed E-state index contributed by atoms with van der Waals surface area (Å²) in [6, 6.07) is 6.76. The molecule has 0 unspecified atom stereocenters. The monoisotopic (exact) mass is 277 g/mol. The summed E-state index contributed by atoms with van der Waals surface area (Å²) < 4.78 is 16.3. The third-order valence-electron chi connectivity index (χ3n) is 2.92. The molecule has 0 bridgehead atoms. The third kappa shape index (κ3) is 3.30. The van der Waals surface area contributed by atoms with Crippen LogP contribution in [0, 0.1) is 0 Å². The molecule has 1 heterocycles. The lowest BCUT2D eigenvalue weighted by Gasteiger charge is -2.13. The van der Waals surface area contributed by atoms with Gasteiger partial charge in [0, 0.05) is 18.0 Å². The van der Waals surface area contributed by atoms with E-state index in [0.29, 0.717) is 23.7 Å². The van der Waals surface area contributed by atoms with Crippen LogP contribution in [-0.2, 0) is 0 Å². The standard InChI is InChI=1S/C15H19NO4/c1-16(2)9-4-10-19-15-12(18-3)7-5-11-6-8-13(17)20-14(11)15/h5-8H,4,9-10H2,1-3H3. The highest BCUT2D eigenvalue weighted by molar-refractivity contribution is 5.85. The van der Waals surface area contributed by atoms with Gasteiger partial charge in [-0.25, -0.2) is 4.79 Å². The molecule has 1 aromatic carbocycles. The zero-order chi connectivity index (χ0) is 14.5. The predicted octanol–water partition coefficient (Wildman–Crippen LogP) is 2.13. The van der Waals surface area contributed by atoms with Crippen LogP contribution in [0.4, 0.5) is 0 Å². The van der Waals surface area contributed by atoms with Crippen LogP contribution in [-0.4, -0.2) is 39.3 Å². The van der Waals surface area contributed by atoms with Crippen molar-refractivity contribution < 1.29 is 13.9 Å². The molecule has 5 heteroatoms. The molecule has 0 aliphatic carbocycles. The van der Waals surface area contributed by atoms with E-state index in [0.717, 1.165) is 18.4 Å². The van der Waals surface area contributed by atoms with Crippen molar-refractivity contribution in [3.05, 3.63) is 34.7 Å². The van der Waals surface area contributed by atoms with Crippen molar-refractivity contribution in [1.29, 1.82) is 0 Å². The zero-order valence-corrected chi connectivity index (χ0v) is 12.0. The molecule has 0 fully saturated rings. The van der Waals surface area contributed by atoms with Crippen LogP contribution in [0.3, 0.4) is 0 Å². The summed E-state index contributed by atoms with van der Waals surface area (Å²) in [4.78, 5) is 13.5. The number of rotatable bonds is 6. The molecule has 108 valence electrons. The summed E-state index contributed by atoms with van der Waals surface area (Å²) in [5.74, 6) is 1.05. The first kappa shape index (κ1) is 14.4. The Hall–Kier alpha value is -2.01. The average Bonchev–Trinajstić information content (AvgIpc) is 2.43. The van der Waals surface area contributed by atoms with E-state index < -0.39 is 5.63 Å². The quantitative estimate of drug-likeness (QED) is 0.598. The molecule has 2 rings (SSSR count). The number of hydrogen-bond acceptors (Lipinski definition) is 5. The van der Waals surface area contributed by atoms with Gasteiger partial charge < -0.3 is 18.8 Å². The molecular weight excluding hydrogens is 258 g/mol. The van der Waals surface area contributed by atoms with Gasteiger partial charge in [-0.15, -0.1) is 0 Å². The van der Waals surface area contributed by atoms with Gasteiger partial charge >= 0.3 is 5.63 Å². The lowest BCUT2D eigenvalue weighted by Crippen LogP contribution is -2.15. The summed E-state index contributed by atoms with van der Waals surface area (Å²) in [5.41, 5.74) is 0.0330. The van der Waals surface area contributed by atoms with Gasteiger partial charge in [-0.05, 0) is 38.7 Å². The Morgan fingerprint density at radius 3 is 2.65 bits per heavy atom. The second kappa shape index (κ2) is 6.43. The van der Waals surface area contributed by atoms with Crippen LogP contribution in [0.25, 0.3) is 11.0 Å². The van der Waals surface area contributed by atoms with E-state index in [1.54, 1.807) is 13.2 Å². The summed E-state index contributed by atoms with van der Waals surface area (Å²) in [7, 11) is 5.59. The Labute approximate surface area is 117 Å². The number of methoxy groups -OCH3 is 1. The van der Waals surface area contributed by atoms with Gasteiger partial charge in [0.2, 0.25) is 5.75 Å². The maximum Gasteiger partial charge on any atom is 0.336 e. The topological polar surface area (TPSA) is 51.9 Å². The first-order valence-electron chi connectivity index (χ1n) is 6.50. The number of hydrogen-bond donors (Lipinski definition) is 0. The third-order valence-corrected chi connectivity index (χ3v) is 2.92. The van der Waals surface area contributed by atoms with E-state index in [-0.39, 0.29) is 0 Å². The van der Waals surface area contributed by atoms with Crippen molar-refractivity contribution >= 4 is 11.0 Å². The Bertz CT molecular complexity index is 633. The molecule has 0 spiro atoms. The average molecular weight is 277 g/mol. The van der Waals surface area contributed by atoms with Gasteiger partial charge in [-0.1, -0.05) is 0 Å². The van der Waals surface area contributed by atoms with Crippen LogP contribution in [0.5, 0.6) is 11.5 Å². The SMILES string of the molecule is COc1ccc2ccc(=O)oc2c1OCCCN(C)C. The van der Waals surface area contributed by atoms with Gasteiger partial charge in [-0.2, -0.15) is 0 Å². The molecule has 5 nitrogen and oxygen atoms in total. The number of ether oxygens (including phenoxy) is 2. The van der Waals surface area contributed by atoms with Gasteiger partial charge in [0.05, 0.1) is 13.7 Å². The van der Waals surface area contributed by atoms with Gasteiger partial charge in [0.1, 0.15) is 0 Å². The van der Waals surface area contributed by atoms with Crippen molar-refractivity contribution in [2.45, 2.75) is 6.42 Å². The van der Waals surface area contributed by atoms with Crippen molar-refractivity contribution in [1.82, 2.24) is 4.90 Å². The van der Waals surface area contributed by atoms with E-state index in [2.05, 4.69) is 4.90 Å². The Balaban J connectivity index is 2.28. The van der Waals surface area contributed by atoms with Crippen LogP contribution >= 0.6 is 0 Å². The molecule has 0 aliphatic rings. The first-order chi connectivity index (χ1) is 9.61. The van der Waals surface area contributed by atoms with E-state index >= 15 is 0 Å². The Morgan fingerprint density at radius 1 is 1.20 bits per heavy atom. The molecule has 0 N–H and O–H groups in total. The van der Waals surface area contributed by atoms with E-state index in [1.807, 2.05) is 26.2 Å². The maximum absolute atomic E-state index is 11.4. The fraction of sp³-hybridized carbons (Fsp3) is 0.400. The maximum atomic E-state index is 11.4. The fourth-order valence-corrected chi connectivity index (χ4v) is 1.94. The summed E-state index contributed by atoms with van der Waals surface area (Å²) >= 11 is 0. The minimum absolute atomic E-state index is 0.399. The first-order valence-corrected chi connectivity index (χ1v) is 6.50. The Morgan fingerprint density at radius 2 is 1.95 bits per heavy atom. The number of fused-ring (bicyclic) bond motifs is 1. The van der Waals surface area contributed by atoms with E-state index in [1.165, 1.54) is 6.07 Å². The largest absolute Gasteiger partial charge is 0.493 e. The smallest absolute Gasteiger partial charge is 0.336 e. The lowest BCUT2D eigenvalue weighted by atomic mass is 10.2. The van der Waals surface area contributed by atoms with E-state index in [4.69, 9.17) is 13.9 Å². The van der Waals surface area contributed by atoms with Crippen molar-refractivity contribution in [2.75, 3.05) is 34.4 Å². The molecular formula is C15H19NO4. The summed E-state index contributed by atoms with van der Waals surface area (Å²) in [5, 5.41) is 0.813. The predicted molar refractivity (Wildman–Crippen MR) is 77.7 cm³/mol. The van der Waals surface area contributed by atoms with Crippen LogP contribution in [0.15, 0.2) is 33.5 Å². The summed E-state index contributed by atoms with van der Waals surface area (Å²) in [6.45, 7) is 1.46. The molecule has 0 amide bonds. The lowest BCUT2D eigenvalue weighted by molar-refractivity contribution is 0.267. The minimum atomic E-state index is -0.399. The molecule has 0 saturated carbocycles. The molecule has 0 saturated heterocycles. The van der Waals surface area contributed by atoms with Crippen molar-refractivity contribution in [2.24, 2.45) is 0 Å². The number of nitrogens with zero attached hydrogens (tertiary/aromatic N) is 1. The summed E-state index contributed by atoms with van der Waals surface area (Å²) in [6.07, 6.45) is 0.879. The van der Waals surface area contributed by atoms with Gasteiger partial charge in [-0.3, -0.25) is 0 Å². The molecule has 1 aromatic heterocycles. The molecule has 0 aliphatic heterocycles. The van der Waals surface area contributed by atoms with E-state index in [9.17, 15) is 4.79 Å². The molecule has 20 heavy (non-hydrogen) atoms. The minimum Gasteiger partial charge on any atom is -0.493 e. The molecule has 0 radical (unpaired) electrons. The van der Waals surface area contributed by atoms with Gasteiger partial charge in [0.25, 0.3) is 0 Å². The van der Waals surface area contributed by atoms with Crippen molar-refractivity contribution in [3.8, 4) is 11.5 Å². The Kier molecular flexibility index (Phi) is 4.63. The van der Waals surface area contributed by atoms with Crippen molar-refractivity contribution in [3.63, 3.8) is 0 Å². The second-order valence-corrected chi connectivity index (χ2v) is 4.78. The zero-order valence-electron chi connectivity index (χ0n) is 12.0. The van der Waals surface area contributed by atoms with Crippen LogP contribution in [0.1, 0.15) is 6.42 Å². The highest BCUT2D eigenvalue weighted by Gasteiger charge is 2.12. The normalized spacial score (nSPS) is 11.0.